The molecule has 2 rings (SSSR count). The SMILES string of the molecule is Cc1c(C(=O)NC[C@H]2CCC[C@@H](CO)C2)cnn1C. The molecule has 19 heavy (non-hydrogen) atoms. The van der Waals surface area contributed by atoms with Gasteiger partial charge in [-0.1, -0.05) is 6.42 Å². The van der Waals surface area contributed by atoms with E-state index in [9.17, 15) is 9.90 Å². The summed E-state index contributed by atoms with van der Waals surface area (Å²) in [5.74, 6) is 0.860. The predicted molar refractivity (Wildman–Crippen MR) is 72.8 cm³/mol. The van der Waals surface area contributed by atoms with E-state index in [1.807, 2.05) is 14.0 Å². The van der Waals surface area contributed by atoms with Gasteiger partial charge in [0.05, 0.1) is 11.8 Å². The fourth-order valence-corrected chi connectivity index (χ4v) is 2.81. The van der Waals surface area contributed by atoms with Gasteiger partial charge in [0, 0.05) is 25.9 Å². The zero-order valence-electron chi connectivity index (χ0n) is 11.7. The van der Waals surface area contributed by atoms with Crippen LogP contribution >= 0.6 is 0 Å². The molecule has 2 N–H and O–H groups in total. The Balaban J connectivity index is 1.85. The van der Waals surface area contributed by atoms with Gasteiger partial charge >= 0.3 is 0 Å². The van der Waals surface area contributed by atoms with Crippen LogP contribution in [0.15, 0.2) is 6.20 Å². The number of aliphatic hydroxyl groups is 1. The van der Waals surface area contributed by atoms with Crippen molar-refractivity contribution in [3.8, 4) is 0 Å². The number of nitrogens with one attached hydrogen (secondary N) is 1. The number of aliphatic hydroxyl groups excluding tert-OH is 1. The van der Waals surface area contributed by atoms with Crippen LogP contribution in [0.3, 0.4) is 0 Å². The van der Waals surface area contributed by atoms with E-state index in [-0.39, 0.29) is 12.5 Å². The number of hydrogen-bond acceptors (Lipinski definition) is 3. The lowest BCUT2D eigenvalue weighted by atomic mass is 9.82. The first-order valence-electron chi connectivity index (χ1n) is 6.99. The van der Waals surface area contributed by atoms with Gasteiger partial charge in [0.25, 0.3) is 5.91 Å². The molecule has 5 nitrogen and oxygen atoms in total. The molecule has 1 aromatic heterocycles. The van der Waals surface area contributed by atoms with Gasteiger partial charge in [-0.25, -0.2) is 0 Å². The average Bonchev–Trinajstić information content (AvgIpc) is 2.77. The lowest BCUT2D eigenvalue weighted by Gasteiger charge is -2.27. The highest BCUT2D eigenvalue weighted by Gasteiger charge is 2.22. The van der Waals surface area contributed by atoms with Crippen LogP contribution < -0.4 is 5.32 Å². The van der Waals surface area contributed by atoms with E-state index in [0.717, 1.165) is 31.4 Å². The molecule has 1 aliphatic carbocycles. The van der Waals surface area contributed by atoms with Crippen molar-refractivity contribution < 1.29 is 9.90 Å². The summed E-state index contributed by atoms with van der Waals surface area (Å²) in [5, 5.41) is 16.3. The summed E-state index contributed by atoms with van der Waals surface area (Å²) in [6.45, 7) is 2.86. The predicted octanol–water partition coefficient (Wildman–Crippen LogP) is 1.26. The number of hydrogen-bond donors (Lipinski definition) is 2. The van der Waals surface area contributed by atoms with E-state index in [1.165, 1.54) is 0 Å². The van der Waals surface area contributed by atoms with Crippen LogP contribution in [-0.2, 0) is 7.05 Å². The van der Waals surface area contributed by atoms with Crippen molar-refractivity contribution in [2.75, 3.05) is 13.2 Å². The summed E-state index contributed by atoms with van der Waals surface area (Å²) in [5.41, 5.74) is 1.53. The van der Waals surface area contributed by atoms with Crippen LogP contribution in [0.25, 0.3) is 0 Å². The van der Waals surface area contributed by atoms with E-state index in [1.54, 1.807) is 10.9 Å². The van der Waals surface area contributed by atoms with Crippen LogP contribution in [-0.4, -0.2) is 33.9 Å². The van der Waals surface area contributed by atoms with E-state index in [2.05, 4.69) is 10.4 Å². The minimum absolute atomic E-state index is 0.0447. The molecular weight excluding hydrogens is 242 g/mol. The summed E-state index contributed by atoms with van der Waals surface area (Å²) < 4.78 is 1.71. The molecular formula is C14H23N3O2. The number of carbonyl (C=O) groups is 1. The Bertz CT molecular complexity index is 442. The second kappa shape index (κ2) is 6.19. The number of nitrogens with zero attached hydrogens (tertiary/aromatic N) is 2. The fraction of sp³-hybridized carbons (Fsp3) is 0.714. The summed E-state index contributed by atoms with van der Waals surface area (Å²) >= 11 is 0. The highest BCUT2D eigenvalue weighted by atomic mass is 16.3. The maximum atomic E-state index is 12.1. The minimum atomic E-state index is -0.0447. The van der Waals surface area contributed by atoms with E-state index < -0.39 is 0 Å². The van der Waals surface area contributed by atoms with Gasteiger partial charge in [-0.05, 0) is 38.0 Å². The molecule has 0 spiro atoms. The Kier molecular flexibility index (Phi) is 4.58. The molecule has 5 heteroatoms. The molecule has 106 valence electrons. The lowest BCUT2D eigenvalue weighted by Crippen LogP contribution is -2.32. The number of amides is 1. The third-order valence-electron chi connectivity index (χ3n) is 4.18. The monoisotopic (exact) mass is 265 g/mol. The van der Waals surface area contributed by atoms with Crippen molar-refractivity contribution in [3.05, 3.63) is 17.5 Å². The third kappa shape index (κ3) is 3.35. The second-order valence-corrected chi connectivity index (χ2v) is 5.56. The largest absolute Gasteiger partial charge is 0.396 e. The number of carbonyl (C=O) groups excluding carboxylic acids is 1. The highest BCUT2D eigenvalue weighted by Crippen LogP contribution is 2.28. The van der Waals surface area contributed by atoms with E-state index in [0.29, 0.717) is 23.9 Å². The molecule has 1 aliphatic rings. The first kappa shape index (κ1) is 14.1. The van der Waals surface area contributed by atoms with Crippen molar-refractivity contribution in [2.24, 2.45) is 18.9 Å². The van der Waals surface area contributed by atoms with Crippen molar-refractivity contribution in [1.29, 1.82) is 0 Å². The average molecular weight is 265 g/mol. The van der Waals surface area contributed by atoms with Gasteiger partial charge in [0.1, 0.15) is 0 Å². The molecule has 0 aliphatic heterocycles. The summed E-state index contributed by atoms with van der Waals surface area (Å²) in [7, 11) is 1.83. The number of aromatic nitrogens is 2. The molecule has 1 fully saturated rings. The molecule has 2 atom stereocenters. The quantitative estimate of drug-likeness (QED) is 0.861. The molecule has 1 amide bonds. The van der Waals surface area contributed by atoms with Gasteiger partial charge in [0.15, 0.2) is 0 Å². The molecule has 1 saturated carbocycles. The van der Waals surface area contributed by atoms with Gasteiger partial charge in [-0.15, -0.1) is 0 Å². The summed E-state index contributed by atoms with van der Waals surface area (Å²) in [6, 6.07) is 0. The summed E-state index contributed by atoms with van der Waals surface area (Å²) in [4.78, 5) is 12.1. The van der Waals surface area contributed by atoms with Crippen LogP contribution in [0, 0.1) is 18.8 Å². The van der Waals surface area contributed by atoms with Crippen LogP contribution in [0.5, 0.6) is 0 Å². The first-order valence-corrected chi connectivity index (χ1v) is 6.99. The Hall–Kier alpha value is -1.36. The molecule has 1 aromatic rings. The van der Waals surface area contributed by atoms with Crippen molar-refractivity contribution >= 4 is 5.91 Å². The minimum Gasteiger partial charge on any atom is -0.396 e. The normalized spacial score (nSPS) is 23.3. The summed E-state index contributed by atoms with van der Waals surface area (Å²) in [6.07, 6.45) is 6.04. The van der Waals surface area contributed by atoms with Gasteiger partial charge in [-0.3, -0.25) is 9.48 Å². The molecule has 1 heterocycles. The lowest BCUT2D eigenvalue weighted by molar-refractivity contribution is 0.0933. The molecule has 0 aromatic carbocycles. The van der Waals surface area contributed by atoms with Crippen molar-refractivity contribution in [1.82, 2.24) is 15.1 Å². The smallest absolute Gasteiger partial charge is 0.254 e. The number of aryl methyl sites for hydroxylation is 1. The van der Waals surface area contributed by atoms with E-state index in [4.69, 9.17) is 0 Å². The zero-order valence-corrected chi connectivity index (χ0v) is 11.7. The third-order valence-corrected chi connectivity index (χ3v) is 4.18. The van der Waals surface area contributed by atoms with Gasteiger partial charge in [0.2, 0.25) is 0 Å². The standard InChI is InChI=1S/C14H23N3O2/c1-10-13(8-16-17(10)2)14(19)15-7-11-4-3-5-12(6-11)9-18/h8,11-12,18H,3-7,9H2,1-2H3,(H,15,19)/t11-,12+/m0/s1. The maximum Gasteiger partial charge on any atom is 0.254 e. The van der Waals surface area contributed by atoms with Crippen LogP contribution in [0.2, 0.25) is 0 Å². The Morgan fingerprint density at radius 1 is 1.53 bits per heavy atom. The topological polar surface area (TPSA) is 67.2 Å². The fourth-order valence-electron chi connectivity index (χ4n) is 2.81. The second-order valence-electron chi connectivity index (χ2n) is 5.56. The maximum absolute atomic E-state index is 12.1. The van der Waals surface area contributed by atoms with Crippen LogP contribution in [0.4, 0.5) is 0 Å². The van der Waals surface area contributed by atoms with Crippen LogP contribution in [0.1, 0.15) is 41.7 Å². The molecule has 0 bridgehead atoms. The zero-order chi connectivity index (χ0) is 13.8. The Morgan fingerprint density at radius 2 is 2.26 bits per heavy atom. The number of rotatable bonds is 4. The molecule has 0 radical (unpaired) electrons. The van der Waals surface area contributed by atoms with Gasteiger partial charge in [-0.2, -0.15) is 5.10 Å². The van der Waals surface area contributed by atoms with Crippen molar-refractivity contribution in [3.63, 3.8) is 0 Å². The highest BCUT2D eigenvalue weighted by molar-refractivity contribution is 5.94. The Morgan fingerprint density at radius 3 is 2.89 bits per heavy atom. The first-order chi connectivity index (χ1) is 9.11. The molecule has 0 saturated heterocycles. The Labute approximate surface area is 114 Å². The van der Waals surface area contributed by atoms with Crippen molar-refractivity contribution in [2.45, 2.75) is 32.6 Å². The molecule has 0 unspecified atom stereocenters. The van der Waals surface area contributed by atoms with E-state index >= 15 is 0 Å². The van der Waals surface area contributed by atoms with Gasteiger partial charge < -0.3 is 10.4 Å².